The van der Waals surface area contributed by atoms with Crippen molar-refractivity contribution in [2.75, 3.05) is 0 Å². The van der Waals surface area contributed by atoms with Crippen LogP contribution in [0.2, 0.25) is 0 Å². The fraction of sp³-hybridized carbons (Fsp3) is 0. The summed E-state index contributed by atoms with van der Waals surface area (Å²) in [6.45, 7) is 3.55. The normalized spacial score (nSPS) is 9.64. The summed E-state index contributed by atoms with van der Waals surface area (Å²) in [5.74, 6) is -0.347. The molecule has 0 heterocycles. The molecule has 0 aliphatic carbocycles. The molecule has 0 aliphatic heterocycles. The minimum absolute atomic E-state index is 0.347. The zero-order valence-electron chi connectivity index (χ0n) is 5.77. The lowest BCUT2D eigenvalue weighted by molar-refractivity contribution is 0.628. The van der Waals surface area contributed by atoms with Crippen molar-refractivity contribution >= 4 is 35.3 Å². The molecule has 0 aliphatic rings. The Morgan fingerprint density at radius 2 is 2.18 bits per heavy atom. The SMILES string of the molecule is [B]c1cc(F)cc(Br)c1C=C. The lowest BCUT2D eigenvalue weighted by atomic mass is 9.90. The monoisotopic (exact) mass is 210 g/mol. The molecule has 0 unspecified atom stereocenters. The van der Waals surface area contributed by atoms with E-state index in [1.54, 1.807) is 6.08 Å². The van der Waals surface area contributed by atoms with Crippen molar-refractivity contribution in [1.82, 2.24) is 0 Å². The quantitative estimate of drug-likeness (QED) is 0.623. The molecule has 0 saturated heterocycles. The van der Waals surface area contributed by atoms with Crippen LogP contribution in [0.15, 0.2) is 23.2 Å². The molecule has 1 aromatic rings. The molecule has 54 valence electrons. The third kappa shape index (κ3) is 1.72. The fourth-order valence-corrected chi connectivity index (χ4v) is 1.43. The van der Waals surface area contributed by atoms with Crippen LogP contribution in [0.4, 0.5) is 4.39 Å². The van der Waals surface area contributed by atoms with Gasteiger partial charge >= 0.3 is 0 Å². The summed E-state index contributed by atoms with van der Waals surface area (Å²) in [4.78, 5) is 0. The molecule has 0 nitrogen and oxygen atoms in total. The molecule has 0 N–H and O–H groups in total. The molecule has 0 bridgehead atoms. The predicted molar refractivity (Wildman–Crippen MR) is 49.6 cm³/mol. The smallest absolute Gasteiger partial charge is 0.123 e. The van der Waals surface area contributed by atoms with E-state index in [0.717, 1.165) is 5.56 Å². The Balaban J connectivity index is 3.36. The maximum atomic E-state index is 12.6. The first kappa shape index (κ1) is 8.53. The van der Waals surface area contributed by atoms with Gasteiger partial charge in [0.2, 0.25) is 0 Å². The van der Waals surface area contributed by atoms with Crippen molar-refractivity contribution in [1.29, 1.82) is 0 Å². The third-order valence-electron chi connectivity index (χ3n) is 1.33. The highest BCUT2D eigenvalue weighted by molar-refractivity contribution is 9.10. The van der Waals surface area contributed by atoms with E-state index in [4.69, 9.17) is 7.85 Å². The van der Waals surface area contributed by atoms with Crippen molar-refractivity contribution in [3.8, 4) is 0 Å². The van der Waals surface area contributed by atoms with Crippen LogP contribution in [0, 0.1) is 5.82 Å². The Kier molecular flexibility index (Phi) is 2.50. The number of rotatable bonds is 1. The van der Waals surface area contributed by atoms with Crippen LogP contribution < -0.4 is 5.46 Å². The van der Waals surface area contributed by atoms with Gasteiger partial charge in [-0.3, -0.25) is 0 Å². The van der Waals surface area contributed by atoms with Gasteiger partial charge in [-0.1, -0.05) is 34.0 Å². The first-order valence-corrected chi connectivity index (χ1v) is 3.81. The molecule has 3 heteroatoms. The van der Waals surface area contributed by atoms with Crippen LogP contribution in [-0.2, 0) is 0 Å². The summed E-state index contributed by atoms with van der Waals surface area (Å²) in [7, 11) is 5.49. The second-order valence-corrected chi connectivity index (χ2v) is 2.95. The van der Waals surface area contributed by atoms with Gasteiger partial charge in [-0.2, -0.15) is 0 Å². The molecular formula is C8H5BBrF. The Bertz CT molecular complexity index is 273. The third-order valence-corrected chi connectivity index (χ3v) is 1.99. The zero-order chi connectivity index (χ0) is 8.43. The largest absolute Gasteiger partial charge is 0.207 e. The molecule has 11 heavy (non-hydrogen) atoms. The van der Waals surface area contributed by atoms with Crippen LogP contribution in [0.25, 0.3) is 6.08 Å². The van der Waals surface area contributed by atoms with Crippen molar-refractivity contribution in [3.05, 3.63) is 34.6 Å². The molecule has 0 fully saturated rings. The minimum atomic E-state index is -0.347. The van der Waals surface area contributed by atoms with Crippen molar-refractivity contribution < 1.29 is 4.39 Å². The summed E-state index contributed by atoms with van der Waals surface area (Å²) >= 11 is 3.17. The molecule has 0 saturated carbocycles. The number of hydrogen-bond donors (Lipinski definition) is 0. The van der Waals surface area contributed by atoms with Crippen LogP contribution in [-0.4, -0.2) is 7.85 Å². The van der Waals surface area contributed by atoms with E-state index in [1.807, 2.05) is 0 Å². The number of hydrogen-bond acceptors (Lipinski definition) is 0. The Labute approximate surface area is 74.7 Å². The standard InChI is InChI=1S/C8H5BBrF/c1-2-6-7(9)3-5(11)4-8(6)10/h2-4H,1H2. The Hall–Kier alpha value is -0.565. The molecule has 0 atom stereocenters. The van der Waals surface area contributed by atoms with E-state index in [0.29, 0.717) is 9.94 Å². The van der Waals surface area contributed by atoms with Crippen LogP contribution >= 0.6 is 15.9 Å². The summed E-state index contributed by atoms with van der Waals surface area (Å²) in [6.07, 6.45) is 1.58. The van der Waals surface area contributed by atoms with Crippen molar-refractivity contribution in [2.24, 2.45) is 0 Å². The van der Waals surface area contributed by atoms with Gasteiger partial charge in [0, 0.05) is 4.47 Å². The van der Waals surface area contributed by atoms with E-state index < -0.39 is 0 Å². The first-order valence-electron chi connectivity index (χ1n) is 3.02. The van der Waals surface area contributed by atoms with E-state index in [9.17, 15) is 4.39 Å². The summed E-state index contributed by atoms with van der Waals surface area (Å²) < 4.78 is 13.2. The average molecular weight is 211 g/mol. The number of benzene rings is 1. The van der Waals surface area contributed by atoms with Crippen LogP contribution in [0.1, 0.15) is 5.56 Å². The maximum absolute atomic E-state index is 12.6. The van der Waals surface area contributed by atoms with Crippen molar-refractivity contribution in [3.63, 3.8) is 0 Å². The second-order valence-electron chi connectivity index (χ2n) is 2.09. The molecule has 2 radical (unpaired) electrons. The topological polar surface area (TPSA) is 0 Å². The molecule has 0 amide bonds. The summed E-state index contributed by atoms with van der Waals surface area (Å²) in [6, 6.07) is 2.62. The molecular weight excluding hydrogens is 206 g/mol. The average Bonchev–Trinajstić information content (AvgIpc) is 1.85. The lowest BCUT2D eigenvalue weighted by Crippen LogP contribution is -2.08. The van der Waals surface area contributed by atoms with E-state index in [1.165, 1.54) is 12.1 Å². The maximum Gasteiger partial charge on any atom is 0.123 e. The lowest BCUT2D eigenvalue weighted by Gasteiger charge is -2.02. The van der Waals surface area contributed by atoms with Gasteiger partial charge in [-0.25, -0.2) is 4.39 Å². The summed E-state index contributed by atoms with van der Waals surface area (Å²) in [5.41, 5.74) is 1.12. The van der Waals surface area contributed by atoms with E-state index in [2.05, 4.69) is 22.5 Å². The zero-order valence-corrected chi connectivity index (χ0v) is 7.36. The fourth-order valence-electron chi connectivity index (χ4n) is 0.820. The Morgan fingerprint density at radius 1 is 1.55 bits per heavy atom. The van der Waals surface area contributed by atoms with Gasteiger partial charge in [0.25, 0.3) is 0 Å². The van der Waals surface area contributed by atoms with Crippen LogP contribution in [0.5, 0.6) is 0 Å². The predicted octanol–water partition coefficient (Wildman–Crippen LogP) is 2.03. The highest BCUT2D eigenvalue weighted by atomic mass is 79.9. The van der Waals surface area contributed by atoms with Gasteiger partial charge in [0.1, 0.15) is 13.7 Å². The molecule has 1 rings (SSSR count). The van der Waals surface area contributed by atoms with Gasteiger partial charge in [-0.15, -0.1) is 0 Å². The first-order chi connectivity index (χ1) is 5.15. The van der Waals surface area contributed by atoms with Gasteiger partial charge in [0.15, 0.2) is 0 Å². The van der Waals surface area contributed by atoms with E-state index in [-0.39, 0.29) is 5.82 Å². The molecule has 1 aromatic carbocycles. The van der Waals surface area contributed by atoms with Crippen molar-refractivity contribution in [2.45, 2.75) is 0 Å². The van der Waals surface area contributed by atoms with E-state index >= 15 is 0 Å². The highest BCUT2D eigenvalue weighted by Crippen LogP contribution is 2.16. The summed E-state index contributed by atoms with van der Waals surface area (Å²) in [5, 5.41) is 0. The van der Waals surface area contributed by atoms with Crippen LogP contribution in [0.3, 0.4) is 0 Å². The molecule has 0 spiro atoms. The van der Waals surface area contributed by atoms with Gasteiger partial charge < -0.3 is 0 Å². The van der Waals surface area contributed by atoms with Gasteiger partial charge in [-0.05, 0) is 17.7 Å². The van der Waals surface area contributed by atoms with Gasteiger partial charge in [0.05, 0.1) is 0 Å². The highest BCUT2D eigenvalue weighted by Gasteiger charge is 2.01. The second kappa shape index (κ2) is 3.22. The molecule has 0 aromatic heterocycles. The minimum Gasteiger partial charge on any atom is -0.207 e. The number of halogens is 2. The Morgan fingerprint density at radius 3 is 2.64 bits per heavy atom.